The lowest BCUT2D eigenvalue weighted by Gasteiger charge is -2.25. The van der Waals surface area contributed by atoms with Gasteiger partial charge in [0.15, 0.2) is 0 Å². The maximum atomic E-state index is 12.7. The predicted octanol–water partition coefficient (Wildman–Crippen LogP) is 2.73. The molecule has 1 saturated heterocycles. The summed E-state index contributed by atoms with van der Waals surface area (Å²) >= 11 is 7.04. The van der Waals surface area contributed by atoms with Gasteiger partial charge in [0.05, 0.1) is 31.0 Å². The van der Waals surface area contributed by atoms with Gasteiger partial charge >= 0.3 is 11.8 Å². The largest absolute Gasteiger partial charge is 0.495 e. The number of halogens is 1. The Morgan fingerprint density at radius 2 is 2.06 bits per heavy atom. The molecule has 0 aliphatic carbocycles. The molecule has 4 rings (SSSR count). The van der Waals surface area contributed by atoms with Crippen LogP contribution in [0.15, 0.2) is 38.4 Å². The summed E-state index contributed by atoms with van der Waals surface area (Å²) in [6, 6.07) is 5.97. The van der Waals surface area contributed by atoms with Crippen LogP contribution in [0.4, 0.5) is 5.69 Å². The van der Waals surface area contributed by atoms with E-state index in [9.17, 15) is 13.2 Å². The molecule has 0 bridgehead atoms. The normalized spacial score (nSPS) is 14.5. The second-order valence-corrected chi connectivity index (χ2v) is 9.66. The molecule has 1 aliphatic heterocycles. The first-order chi connectivity index (χ1) is 14.9. The maximum absolute atomic E-state index is 12.7. The Morgan fingerprint density at radius 1 is 1.29 bits per heavy atom. The van der Waals surface area contributed by atoms with E-state index in [0.717, 1.165) is 11.3 Å². The van der Waals surface area contributed by atoms with Crippen molar-refractivity contribution in [2.45, 2.75) is 4.21 Å². The van der Waals surface area contributed by atoms with Gasteiger partial charge in [-0.15, -0.1) is 11.3 Å². The van der Waals surface area contributed by atoms with Gasteiger partial charge in [0.2, 0.25) is 5.82 Å². The number of thiophene rings is 1. The van der Waals surface area contributed by atoms with Gasteiger partial charge in [-0.2, -0.15) is 4.98 Å². The third-order valence-electron chi connectivity index (χ3n) is 4.41. The number of carbonyl (C=O) groups excluding carboxylic acids is 1. The number of nitrogens with one attached hydrogen (secondary N) is 1. The minimum absolute atomic E-state index is 0.0419. The lowest BCUT2D eigenvalue weighted by Crippen LogP contribution is -2.40. The number of morpholine rings is 1. The van der Waals surface area contributed by atoms with E-state index in [1.165, 1.54) is 19.2 Å². The molecule has 13 heteroatoms. The zero-order chi connectivity index (χ0) is 22.0. The smallest absolute Gasteiger partial charge is 0.316 e. The number of anilines is 1. The van der Waals surface area contributed by atoms with Crippen LogP contribution in [-0.4, -0.2) is 62.8 Å². The Bertz CT molecular complexity index is 1200. The first-order valence-corrected chi connectivity index (χ1v) is 11.8. The molecule has 3 heterocycles. The van der Waals surface area contributed by atoms with E-state index in [4.69, 9.17) is 25.6 Å². The molecule has 164 valence electrons. The molecule has 0 unspecified atom stereocenters. The lowest BCUT2D eigenvalue weighted by atomic mass is 10.3. The molecule has 1 aromatic carbocycles. The monoisotopic (exact) mass is 484 g/mol. The summed E-state index contributed by atoms with van der Waals surface area (Å²) in [7, 11) is -2.40. The topological polar surface area (TPSA) is 124 Å². The van der Waals surface area contributed by atoms with Crippen LogP contribution in [0.1, 0.15) is 10.7 Å². The van der Waals surface area contributed by atoms with Crippen molar-refractivity contribution in [1.29, 1.82) is 0 Å². The Labute approximate surface area is 186 Å². The van der Waals surface area contributed by atoms with E-state index >= 15 is 0 Å². The van der Waals surface area contributed by atoms with Crippen molar-refractivity contribution in [3.05, 3.63) is 40.6 Å². The van der Waals surface area contributed by atoms with Crippen LogP contribution in [-0.2, 0) is 14.8 Å². The molecule has 2 aromatic heterocycles. The summed E-state index contributed by atoms with van der Waals surface area (Å²) in [4.78, 5) is 18.1. The molecular weight excluding hydrogens is 468 g/mol. The Morgan fingerprint density at radius 3 is 2.77 bits per heavy atom. The van der Waals surface area contributed by atoms with Crippen LogP contribution in [0.25, 0.3) is 11.4 Å². The van der Waals surface area contributed by atoms with Crippen molar-refractivity contribution in [3.63, 3.8) is 0 Å². The fraction of sp³-hybridized carbons (Fsp3) is 0.278. The third-order valence-corrected chi connectivity index (χ3v) is 7.53. The summed E-state index contributed by atoms with van der Waals surface area (Å²) < 4.78 is 43.3. The third kappa shape index (κ3) is 4.66. The first kappa shape index (κ1) is 21.6. The van der Waals surface area contributed by atoms with Crippen LogP contribution in [0.2, 0.25) is 5.02 Å². The highest BCUT2D eigenvalue weighted by Crippen LogP contribution is 2.31. The van der Waals surface area contributed by atoms with Gasteiger partial charge in [-0.3, -0.25) is 9.52 Å². The molecule has 10 nitrogen and oxygen atoms in total. The molecule has 0 radical (unpaired) electrons. The average molecular weight is 485 g/mol. The number of methoxy groups -OCH3 is 1. The molecule has 1 amide bonds. The maximum Gasteiger partial charge on any atom is 0.316 e. The van der Waals surface area contributed by atoms with E-state index in [1.54, 1.807) is 22.4 Å². The van der Waals surface area contributed by atoms with E-state index in [2.05, 4.69) is 14.9 Å². The van der Waals surface area contributed by atoms with Gasteiger partial charge in [0.1, 0.15) is 9.96 Å². The number of aromatic nitrogens is 2. The van der Waals surface area contributed by atoms with E-state index in [0.29, 0.717) is 43.3 Å². The fourth-order valence-corrected chi connectivity index (χ4v) is 5.30. The quantitative estimate of drug-likeness (QED) is 0.566. The summed E-state index contributed by atoms with van der Waals surface area (Å²) in [6.07, 6.45) is 0. The second kappa shape index (κ2) is 8.83. The summed E-state index contributed by atoms with van der Waals surface area (Å²) in [5.74, 6) is 0.0195. The zero-order valence-corrected chi connectivity index (χ0v) is 18.6. The van der Waals surface area contributed by atoms with Gasteiger partial charge < -0.3 is 18.9 Å². The zero-order valence-electron chi connectivity index (χ0n) is 16.2. The lowest BCUT2D eigenvalue weighted by molar-refractivity contribution is 0.0272. The predicted molar refractivity (Wildman–Crippen MR) is 113 cm³/mol. The number of rotatable bonds is 6. The minimum atomic E-state index is -3.87. The van der Waals surface area contributed by atoms with Crippen LogP contribution in [0.5, 0.6) is 5.75 Å². The number of nitrogens with zero attached hydrogens (tertiary/aromatic N) is 3. The first-order valence-electron chi connectivity index (χ1n) is 9.03. The van der Waals surface area contributed by atoms with Crippen molar-refractivity contribution >= 4 is 44.6 Å². The van der Waals surface area contributed by atoms with Crippen LogP contribution < -0.4 is 9.46 Å². The van der Waals surface area contributed by atoms with Crippen molar-refractivity contribution < 1.29 is 27.2 Å². The minimum Gasteiger partial charge on any atom is -0.495 e. The van der Waals surface area contributed by atoms with Crippen LogP contribution in [0, 0.1) is 0 Å². The fourth-order valence-electron chi connectivity index (χ4n) is 2.84. The van der Waals surface area contributed by atoms with Crippen molar-refractivity contribution in [1.82, 2.24) is 15.0 Å². The molecule has 1 N–H and O–H groups in total. The van der Waals surface area contributed by atoms with E-state index in [1.807, 2.05) is 0 Å². The molecule has 0 saturated carbocycles. The van der Waals surface area contributed by atoms with Gasteiger partial charge in [0, 0.05) is 24.0 Å². The number of carbonyl (C=O) groups is 1. The molecule has 1 fully saturated rings. The van der Waals surface area contributed by atoms with Crippen LogP contribution in [0.3, 0.4) is 0 Å². The highest BCUT2D eigenvalue weighted by Gasteiger charge is 2.25. The van der Waals surface area contributed by atoms with Gasteiger partial charge in [-0.25, -0.2) is 8.42 Å². The molecule has 0 spiro atoms. The number of ether oxygens (including phenoxy) is 2. The average Bonchev–Trinajstić information content (AvgIpc) is 3.44. The standard InChI is InChI=1S/C18H17ClN4O6S2/c1-27-14-3-2-12(9-13(14)19)22-31(25,26)15-8-11(10-30-15)16-20-17(29-21-16)18(24)23-4-6-28-7-5-23/h2-3,8-10,22H,4-7H2,1H3. The molecule has 3 aromatic rings. The molecule has 0 atom stereocenters. The Kier molecular flexibility index (Phi) is 6.14. The Balaban J connectivity index is 1.50. The molecular formula is C18H17ClN4O6S2. The SMILES string of the molecule is COc1ccc(NS(=O)(=O)c2cc(-c3noc(C(=O)N4CCOCC4)n3)cs2)cc1Cl. The number of hydrogen-bond acceptors (Lipinski definition) is 9. The van der Waals surface area contributed by atoms with Crippen molar-refractivity contribution in [3.8, 4) is 17.1 Å². The van der Waals surface area contributed by atoms with Crippen molar-refractivity contribution in [2.75, 3.05) is 38.1 Å². The van der Waals surface area contributed by atoms with Crippen LogP contribution >= 0.6 is 22.9 Å². The van der Waals surface area contributed by atoms with Gasteiger partial charge in [-0.1, -0.05) is 16.8 Å². The highest BCUT2D eigenvalue weighted by atomic mass is 35.5. The number of benzene rings is 1. The highest BCUT2D eigenvalue weighted by molar-refractivity contribution is 7.94. The van der Waals surface area contributed by atoms with Crippen molar-refractivity contribution in [2.24, 2.45) is 0 Å². The molecule has 1 aliphatic rings. The number of hydrogen-bond donors (Lipinski definition) is 1. The second-order valence-electron chi connectivity index (χ2n) is 6.44. The van der Waals surface area contributed by atoms with Gasteiger partial charge in [-0.05, 0) is 24.3 Å². The molecule has 31 heavy (non-hydrogen) atoms. The van der Waals surface area contributed by atoms with Gasteiger partial charge in [0.25, 0.3) is 10.0 Å². The summed E-state index contributed by atoms with van der Waals surface area (Å²) in [5.41, 5.74) is 0.710. The summed E-state index contributed by atoms with van der Waals surface area (Å²) in [5, 5.41) is 5.66. The Hall–Kier alpha value is -2.67. The number of sulfonamides is 1. The van der Waals surface area contributed by atoms with E-state index < -0.39 is 10.0 Å². The van der Waals surface area contributed by atoms with E-state index in [-0.39, 0.29) is 26.9 Å². The number of amides is 1. The summed E-state index contributed by atoms with van der Waals surface area (Å²) in [6.45, 7) is 1.78.